The van der Waals surface area contributed by atoms with Crippen LogP contribution in [0.4, 0.5) is 19.0 Å². The summed E-state index contributed by atoms with van der Waals surface area (Å²) in [5.41, 5.74) is -0.816. The van der Waals surface area contributed by atoms with Crippen molar-refractivity contribution >= 4 is 35.2 Å². The molecule has 1 aliphatic rings. The molecule has 19 heavy (non-hydrogen) atoms. The normalized spacial score (nSPS) is 20.1. The van der Waals surface area contributed by atoms with E-state index in [-0.39, 0.29) is 17.0 Å². The van der Waals surface area contributed by atoms with Gasteiger partial charge in [0.1, 0.15) is 5.82 Å². The number of hydrogen-bond acceptors (Lipinski definition) is 4. The van der Waals surface area contributed by atoms with E-state index in [0.29, 0.717) is 5.75 Å². The Kier molecular flexibility index (Phi) is 4.62. The van der Waals surface area contributed by atoms with Gasteiger partial charge in [0, 0.05) is 23.5 Å². The summed E-state index contributed by atoms with van der Waals surface area (Å²) in [6.45, 7) is 0. The maximum absolute atomic E-state index is 12.5. The molecule has 1 atom stereocenters. The number of amides is 1. The van der Waals surface area contributed by atoms with Gasteiger partial charge in [0.2, 0.25) is 5.91 Å². The Hall–Kier alpha value is -0.890. The number of thioether (sulfide) groups is 2. The van der Waals surface area contributed by atoms with E-state index < -0.39 is 11.7 Å². The van der Waals surface area contributed by atoms with Crippen molar-refractivity contribution in [1.82, 2.24) is 4.98 Å². The van der Waals surface area contributed by atoms with Crippen molar-refractivity contribution in [1.29, 1.82) is 0 Å². The van der Waals surface area contributed by atoms with Crippen molar-refractivity contribution in [2.75, 3.05) is 22.6 Å². The Bertz CT molecular complexity index is 461. The van der Waals surface area contributed by atoms with Gasteiger partial charge in [0.05, 0.1) is 10.8 Å². The molecule has 0 saturated carbocycles. The average molecular weight is 308 g/mol. The first-order valence-electron chi connectivity index (χ1n) is 5.50. The van der Waals surface area contributed by atoms with Gasteiger partial charge in [-0.25, -0.2) is 4.98 Å². The molecule has 0 spiro atoms. The fourth-order valence-electron chi connectivity index (χ4n) is 1.52. The van der Waals surface area contributed by atoms with Gasteiger partial charge in [-0.1, -0.05) is 0 Å². The predicted molar refractivity (Wildman–Crippen MR) is 71.4 cm³/mol. The Labute approximate surface area is 116 Å². The molecule has 0 unspecified atom stereocenters. The van der Waals surface area contributed by atoms with Gasteiger partial charge >= 0.3 is 6.18 Å². The number of nitrogens with zero attached hydrogens (tertiary/aromatic N) is 1. The molecule has 104 valence electrons. The second kappa shape index (κ2) is 6.04. The zero-order valence-corrected chi connectivity index (χ0v) is 11.4. The highest BCUT2D eigenvalue weighted by molar-refractivity contribution is 8.07. The molecule has 1 saturated heterocycles. The van der Waals surface area contributed by atoms with Crippen LogP contribution in [0, 0.1) is 0 Å². The number of carbonyl (C=O) groups excluding carboxylic acids is 1. The van der Waals surface area contributed by atoms with Crippen LogP contribution < -0.4 is 5.32 Å². The van der Waals surface area contributed by atoms with E-state index in [1.165, 1.54) is 11.8 Å². The van der Waals surface area contributed by atoms with Crippen molar-refractivity contribution in [3.63, 3.8) is 0 Å². The largest absolute Gasteiger partial charge is 0.416 e. The summed E-state index contributed by atoms with van der Waals surface area (Å²) in [6.07, 6.45) is -3.39. The number of hydrogen-bond donors (Lipinski definition) is 1. The Morgan fingerprint density at radius 3 is 2.84 bits per heavy atom. The molecule has 3 nitrogen and oxygen atoms in total. The van der Waals surface area contributed by atoms with Crippen LogP contribution in [-0.4, -0.2) is 33.4 Å². The first-order chi connectivity index (χ1) is 8.97. The smallest absolute Gasteiger partial charge is 0.310 e. The van der Waals surface area contributed by atoms with E-state index >= 15 is 0 Å². The second-order valence-corrected chi connectivity index (χ2v) is 6.31. The third-order valence-corrected chi connectivity index (χ3v) is 5.20. The molecular formula is C11H11F3N2OS2. The highest BCUT2D eigenvalue weighted by Gasteiger charge is 2.31. The van der Waals surface area contributed by atoms with Gasteiger partial charge in [0.15, 0.2) is 0 Å². The third kappa shape index (κ3) is 4.04. The maximum Gasteiger partial charge on any atom is 0.416 e. The topological polar surface area (TPSA) is 42.0 Å². The number of halogens is 3. The number of aromatic nitrogens is 1. The van der Waals surface area contributed by atoms with Crippen LogP contribution >= 0.6 is 23.5 Å². The van der Waals surface area contributed by atoms with E-state index in [0.717, 1.165) is 29.8 Å². The van der Waals surface area contributed by atoms with E-state index in [2.05, 4.69) is 10.3 Å². The molecule has 2 rings (SSSR count). The summed E-state index contributed by atoms with van der Waals surface area (Å²) in [6, 6.07) is 1.72. The van der Waals surface area contributed by atoms with Gasteiger partial charge in [-0.15, -0.1) is 11.8 Å². The highest BCUT2D eigenvalue weighted by Crippen LogP contribution is 2.30. The lowest BCUT2D eigenvalue weighted by atomic mass is 10.2. The van der Waals surface area contributed by atoms with Crippen molar-refractivity contribution in [2.45, 2.75) is 11.4 Å². The van der Waals surface area contributed by atoms with Crippen molar-refractivity contribution < 1.29 is 18.0 Å². The molecule has 1 fully saturated rings. The molecule has 1 amide bonds. The molecule has 1 aromatic heterocycles. The zero-order chi connectivity index (χ0) is 13.9. The summed E-state index contributed by atoms with van der Waals surface area (Å²) in [5, 5.41) is 2.21. The van der Waals surface area contributed by atoms with E-state index in [4.69, 9.17) is 0 Å². The predicted octanol–water partition coefficient (Wildman–Crippen LogP) is 2.89. The van der Waals surface area contributed by atoms with Gasteiger partial charge in [-0.05, 0) is 12.1 Å². The van der Waals surface area contributed by atoms with Gasteiger partial charge in [-0.2, -0.15) is 24.9 Å². The molecular weight excluding hydrogens is 297 g/mol. The van der Waals surface area contributed by atoms with E-state index in [1.807, 2.05) is 0 Å². The fourth-order valence-corrected chi connectivity index (χ4v) is 4.08. The second-order valence-electron chi connectivity index (χ2n) is 3.85. The minimum absolute atomic E-state index is 0.0593. The van der Waals surface area contributed by atoms with Gasteiger partial charge in [-0.3, -0.25) is 4.79 Å². The van der Waals surface area contributed by atoms with Crippen LogP contribution in [-0.2, 0) is 11.0 Å². The fraction of sp³-hybridized carbons (Fsp3) is 0.455. The van der Waals surface area contributed by atoms with Gasteiger partial charge < -0.3 is 5.32 Å². The van der Waals surface area contributed by atoms with Crippen LogP contribution in [0.15, 0.2) is 18.3 Å². The summed E-state index contributed by atoms with van der Waals surface area (Å²) in [4.78, 5) is 15.6. The molecule has 0 aromatic carbocycles. The summed E-state index contributed by atoms with van der Waals surface area (Å²) < 4.78 is 37.5. The molecule has 1 aliphatic heterocycles. The Morgan fingerprint density at radius 1 is 1.42 bits per heavy atom. The molecule has 0 radical (unpaired) electrons. The molecule has 1 N–H and O–H groups in total. The lowest BCUT2D eigenvalue weighted by Gasteiger charge is -2.20. The molecule has 8 heteroatoms. The minimum atomic E-state index is -4.43. The van der Waals surface area contributed by atoms with Crippen molar-refractivity contribution in [3.8, 4) is 0 Å². The Morgan fingerprint density at radius 2 is 2.21 bits per heavy atom. The first-order valence-corrected chi connectivity index (χ1v) is 7.70. The lowest BCUT2D eigenvalue weighted by Crippen LogP contribution is -2.30. The molecule has 2 heterocycles. The highest BCUT2D eigenvalue weighted by atomic mass is 32.2. The number of pyridine rings is 1. The van der Waals surface area contributed by atoms with Crippen molar-refractivity contribution in [2.24, 2.45) is 0 Å². The summed E-state index contributed by atoms with van der Waals surface area (Å²) in [5.74, 6) is 2.20. The standard InChI is InChI=1S/C11H11F3N2OS2/c12-11(13,14)7-1-2-15-9(5-7)16-10(17)8-6-18-3-4-19-8/h1-2,5,8H,3-4,6H2,(H,15,16,17)/t8-/m0/s1. The monoisotopic (exact) mass is 308 g/mol. The first kappa shape index (κ1) is 14.5. The van der Waals surface area contributed by atoms with E-state index in [1.54, 1.807) is 11.8 Å². The average Bonchev–Trinajstić information content (AvgIpc) is 2.39. The Balaban J connectivity index is 2.04. The maximum atomic E-state index is 12.5. The summed E-state index contributed by atoms with van der Waals surface area (Å²) in [7, 11) is 0. The quantitative estimate of drug-likeness (QED) is 0.912. The van der Waals surface area contributed by atoms with Crippen molar-refractivity contribution in [3.05, 3.63) is 23.9 Å². The molecule has 0 bridgehead atoms. The zero-order valence-electron chi connectivity index (χ0n) is 9.74. The van der Waals surface area contributed by atoms with Gasteiger partial charge in [0.25, 0.3) is 0 Å². The number of rotatable bonds is 2. The van der Waals surface area contributed by atoms with Crippen LogP contribution in [0.5, 0.6) is 0 Å². The van der Waals surface area contributed by atoms with Crippen LogP contribution in [0.2, 0.25) is 0 Å². The SMILES string of the molecule is O=C(Nc1cc(C(F)(F)F)ccn1)[C@@H]1CSCCS1. The number of anilines is 1. The van der Waals surface area contributed by atoms with Crippen LogP contribution in [0.25, 0.3) is 0 Å². The number of nitrogens with one attached hydrogen (secondary N) is 1. The summed E-state index contributed by atoms with van der Waals surface area (Å²) >= 11 is 3.18. The minimum Gasteiger partial charge on any atom is -0.310 e. The molecule has 0 aliphatic carbocycles. The van der Waals surface area contributed by atoms with E-state index in [9.17, 15) is 18.0 Å². The molecule has 1 aromatic rings. The number of alkyl halides is 3. The van der Waals surface area contributed by atoms with Crippen LogP contribution in [0.3, 0.4) is 0 Å². The number of carbonyl (C=O) groups is 1. The third-order valence-electron chi connectivity index (χ3n) is 2.45. The van der Waals surface area contributed by atoms with Crippen LogP contribution in [0.1, 0.15) is 5.56 Å². The lowest BCUT2D eigenvalue weighted by molar-refractivity contribution is -0.137.